The van der Waals surface area contributed by atoms with Crippen LogP contribution in [0.5, 0.6) is 0 Å². The number of rotatable bonds is 5. The summed E-state index contributed by atoms with van der Waals surface area (Å²) in [5, 5.41) is 7.99. The predicted octanol–water partition coefficient (Wildman–Crippen LogP) is 3.53. The Morgan fingerprint density at radius 2 is 2.22 bits per heavy atom. The first kappa shape index (κ1) is 13.1. The van der Waals surface area contributed by atoms with Crippen LogP contribution in [0, 0.1) is 6.92 Å². The summed E-state index contributed by atoms with van der Waals surface area (Å²) in [6.07, 6.45) is 0. The summed E-state index contributed by atoms with van der Waals surface area (Å²) in [5.41, 5.74) is 2.15. The van der Waals surface area contributed by atoms with Crippen molar-refractivity contribution < 1.29 is 4.52 Å². The van der Waals surface area contributed by atoms with Gasteiger partial charge < -0.3 is 9.84 Å². The lowest BCUT2D eigenvalue weighted by Crippen LogP contribution is -2.19. The van der Waals surface area contributed by atoms with Gasteiger partial charge in [-0.05, 0) is 30.5 Å². The Hall–Kier alpha value is -1.32. The molecule has 0 spiro atoms. The van der Waals surface area contributed by atoms with Gasteiger partial charge in [0.25, 0.3) is 0 Å². The molecule has 96 valence electrons. The fraction of sp³-hybridized carbons (Fsp3) is 0.357. The van der Waals surface area contributed by atoms with Crippen LogP contribution in [0.15, 0.2) is 34.9 Å². The van der Waals surface area contributed by atoms with Gasteiger partial charge in [-0.25, -0.2) is 0 Å². The van der Waals surface area contributed by atoms with Crippen molar-refractivity contribution in [1.29, 1.82) is 0 Å². The molecule has 1 atom stereocenters. The van der Waals surface area contributed by atoms with E-state index in [0.717, 1.165) is 23.0 Å². The van der Waals surface area contributed by atoms with Crippen molar-refractivity contribution in [2.45, 2.75) is 26.3 Å². The lowest BCUT2D eigenvalue weighted by Gasteiger charge is -2.12. The summed E-state index contributed by atoms with van der Waals surface area (Å²) in [7, 11) is 0. The molecule has 1 N–H and O–H groups in total. The molecule has 0 aliphatic carbocycles. The maximum absolute atomic E-state index is 5.98. The standard InChI is InChI=1S/C14H17ClN2O/c1-10(12-4-3-5-13(15)7-12)8-16-9-14-6-11(2)17-18-14/h3-7,10,16H,8-9H2,1-2H3/t10-/m1/s1. The molecule has 2 aromatic rings. The molecule has 0 bridgehead atoms. The summed E-state index contributed by atoms with van der Waals surface area (Å²) in [6, 6.07) is 9.91. The van der Waals surface area contributed by atoms with Crippen molar-refractivity contribution in [3.05, 3.63) is 52.4 Å². The highest BCUT2D eigenvalue weighted by Crippen LogP contribution is 2.18. The highest BCUT2D eigenvalue weighted by atomic mass is 35.5. The molecule has 0 saturated heterocycles. The molecular formula is C14H17ClN2O. The van der Waals surface area contributed by atoms with Crippen LogP contribution in [0.1, 0.15) is 29.9 Å². The summed E-state index contributed by atoms with van der Waals surface area (Å²) >= 11 is 5.98. The molecule has 0 unspecified atom stereocenters. The number of hydrogen-bond acceptors (Lipinski definition) is 3. The van der Waals surface area contributed by atoms with E-state index in [-0.39, 0.29) is 0 Å². The van der Waals surface area contributed by atoms with Crippen LogP contribution in [-0.4, -0.2) is 11.7 Å². The predicted molar refractivity (Wildman–Crippen MR) is 72.8 cm³/mol. The quantitative estimate of drug-likeness (QED) is 0.898. The zero-order valence-electron chi connectivity index (χ0n) is 10.6. The van der Waals surface area contributed by atoms with E-state index in [4.69, 9.17) is 16.1 Å². The number of nitrogens with one attached hydrogen (secondary N) is 1. The second-order valence-corrected chi connectivity index (χ2v) is 4.96. The molecule has 0 aliphatic rings. The molecule has 18 heavy (non-hydrogen) atoms. The van der Waals surface area contributed by atoms with Gasteiger partial charge >= 0.3 is 0 Å². The minimum absolute atomic E-state index is 0.410. The molecule has 0 saturated carbocycles. The molecule has 2 rings (SSSR count). The lowest BCUT2D eigenvalue weighted by atomic mass is 10.0. The number of aryl methyl sites for hydroxylation is 1. The van der Waals surface area contributed by atoms with E-state index in [1.54, 1.807) is 0 Å². The molecule has 0 aliphatic heterocycles. The monoisotopic (exact) mass is 264 g/mol. The third kappa shape index (κ3) is 3.59. The van der Waals surface area contributed by atoms with Gasteiger partial charge in [0.15, 0.2) is 5.76 Å². The van der Waals surface area contributed by atoms with Crippen LogP contribution >= 0.6 is 11.6 Å². The van der Waals surface area contributed by atoms with Crippen LogP contribution in [0.25, 0.3) is 0 Å². The Balaban J connectivity index is 1.83. The molecule has 3 nitrogen and oxygen atoms in total. The number of benzene rings is 1. The Kier molecular flexibility index (Phi) is 4.39. The fourth-order valence-electron chi connectivity index (χ4n) is 1.84. The van der Waals surface area contributed by atoms with Crippen LogP contribution in [0.2, 0.25) is 5.02 Å². The van der Waals surface area contributed by atoms with E-state index in [1.165, 1.54) is 5.56 Å². The van der Waals surface area contributed by atoms with Crippen LogP contribution in [0.4, 0.5) is 0 Å². The van der Waals surface area contributed by atoms with E-state index in [1.807, 2.05) is 31.2 Å². The van der Waals surface area contributed by atoms with Crippen LogP contribution in [0.3, 0.4) is 0 Å². The number of aromatic nitrogens is 1. The van der Waals surface area contributed by atoms with Crippen molar-refractivity contribution in [1.82, 2.24) is 10.5 Å². The summed E-state index contributed by atoms with van der Waals surface area (Å²) in [4.78, 5) is 0. The Labute approximate surface area is 112 Å². The van der Waals surface area contributed by atoms with Crippen LogP contribution in [-0.2, 0) is 6.54 Å². The largest absolute Gasteiger partial charge is 0.360 e. The van der Waals surface area contributed by atoms with Gasteiger partial charge in [0.2, 0.25) is 0 Å². The lowest BCUT2D eigenvalue weighted by molar-refractivity contribution is 0.368. The molecule has 1 aromatic carbocycles. The summed E-state index contributed by atoms with van der Waals surface area (Å²) < 4.78 is 5.14. The minimum Gasteiger partial charge on any atom is -0.360 e. The second-order valence-electron chi connectivity index (χ2n) is 4.52. The van der Waals surface area contributed by atoms with Gasteiger partial charge in [-0.1, -0.05) is 35.8 Å². The van der Waals surface area contributed by atoms with E-state index < -0.39 is 0 Å². The number of hydrogen-bond donors (Lipinski definition) is 1. The summed E-state index contributed by atoms with van der Waals surface area (Å²) in [6.45, 7) is 5.66. The van der Waals surface area contributed by atoms with Crippen molar-refractivity contribution in [2.75, 3.05) is 6.54 Å². The first-order chi connectivity index (χ1) is 8.65. The molecule has 1 heterocycles. The SMILES string of the molecule is Cc1cc(CNC[C@@H](C)c2cccc(Cl)c2)on1. The zero-order valence-corrected chi connectivity index (χ0v) is 11.4. The normalized spacial score (nSPS) is 12.6. The number of halogens is 1. The van der Waals surface area contributed by atoms with Crippen LogP contribution < -0.4 is 5.32 Å². The molecule has 1 aromatic heterocycles. The highest BCUT2D eigenvalue weighted by Gasteiger charge is 2.06. The molecular weight excluding hydrogens is 248 g/mol. The van der Waals surface area contributed by atoms with E-state index in [2.05, 4.69) is 23.5 Å². The van der Waals surface area contributed by atoms with Gasteiger partial charge in [0.05, 0.1) is 12.2 Å². The Morgan fingerprint density at radius 1 is 1.39 bits per heavy atom. The Morgan fingerprint density at radius 3 is 2.89 bits per heavy atom. The van der Waals surface area contributed by atoms with Crippen molar-refractivity contribution in [3.8, 4) is 0 Å². The molecule has 0 amide bonds. The average molecular weight is 265 g/mol. The minimum atomic E-state index is 0.410. The zero-order chi connectivity index (χ0) is 13.0. The van der Waals surface area contributed by atoms with Crippen molar-refractivity contribution >= 4 is 11.6 Å². The molecule has 4 heteroatoms. The summed E-state index contributed by atoms with van der Waals surface area (Å²) in [5.74, 6) is 1.28. The molecule has 0 radical (unpaired) electrons. The van der Waals surface area contributed by atoms with Gasteiger partial charge in [0, 0.05) is 17.6 Å². The first-order valence-corrected chi connectivity index (χ1v) is 6.41. The highest BCUT2D eigenvalue weighted by molar-refractivity contribution is 6.30. The maximum Gasteiger partial charge on any atom is 0.150 e. The van der Waals surface area contributed by atoms with E-state index >= 15 is 0 Å². The van der Waals surface area contributed by atoms with E-state index in [9.17, 15) is 0 Å². The molecule has 0 fully saturated rings. The smallest absolute Gasteiger partial charge is 0.150 e. The number of nitrogens with zero attached hydrogens (tertiary/aromatic N) is 1. The fourth-order valence-corrected chi connectivity index (χ4v) is 2.04. The van der Waals surface area contributed by atoms with Gasteiger partial charge in [0.1, 0.15) is 0 Å². The topological polar surface area (TPSA) is 38.1 Å². The third-order valence-corrected chi connectivity index (χ3v) is 3.08. The first-order valence-electron chi connectivity index (χ1n) is 6.03. The Bertz CT molecular complexity index is 510. The average Bonchev–Trinajstić information content (AvgIpc) is 2.75. The van der Waals surface area contributed by atoms with Gasteiger partial charge in [-0.15, -0.1) is 0 Å². The van der Waals surface area contributed by atoms with Gasteiger partial charge in [-0.3, -0.25) is 0 Å². The third-order valence-electron chi connectivity index (χ3n) is 2.84. The van der Waals surface area contributed by atoms with Crippen molar-refractivity contribution in [3.63, 3.8) is 0 Å². The van der Waals surface area contributed by atoms with Gasteiger partial charge in [-0.2, -0.15) is 0 Å². The van der Waals surface area contributed by atoms with Crippen molar-refractivity contribution in [2.24, 2.45) is 0 Å². The second kappa shape index (κ2) is 6.03. The van der Waals surface area contributed by atoms with E-state index in [0.29, 0.717) is 12.5 Å². The maximum atomic E-state index is 5.98.